The minimum absolute atomic E-state index is 0.0305. The molecule has 0 radical (unpaired) electrons. The Labute approximate surface area is 114 Å². The minimum Gasteiger partial charge on any atom is -0.384 e. The van der Waals surface area contributed by atoms with Gasteiger partial charge >= 0.3 is 11.9 Å². The van der Waals surface area contributed by atoms with Crippen molar-refractivity contribution in [3.05, 3.63) is 64.5 Å². The van der Waals surface area contributed by atoms with E-state index in [1.165, 1.54) is 6.07 Å². The van der Waals surface area contributed by atoms with Gasteiger partial charge in [-0.2, -0.15) is 0 Å². The number of hydrogen-bond donors (Lipinski definition) is 0. The first-order valence-electron chi connectivity index (χ1n) is 5.96. The monoisotopic (exact) mass is 267 g/mol. The van der Waals surface area contributed by atoms with E-state index in [2.05, 4.69) is 9.72 Å². The summed E-state index contributed by atoms with van der Waals surface area (Å²) in [5.41, 5.74) is 1.19. The molecule has 0 saturated heterocycles. The van der Waals surface area contributed by atoms with Crippen LogP contribution in [-0.4, -0.2) is 22.7 Å². The largest absolute Gasteiger partial charge is 0.384 e. The topological polar surface area (TPSA) is 73.3 Å². The SMILES string of the molecule is Cc1nc2c(cc1C(=O)c1ccccc1)C(=O)OC2=O. The van der Waals surface area contributed by atoms with Crippen LogP contribution in [0.5, 0.6) is 0 Å². The highest BCUT2D eigenvalue weighted by Crippen LogP contribution is 2.22. The van der Waals surface area contributed by atoms with Crippen LogP contribution in [0.25, 0.3) is 0 Å². The Morgan fingerprint density at radius 1 is 1.10 bits per heavy atom. The molecule has 0 aliphatic carbocycles. The van der Waals surface area contributed by atoms with Crippen LogP contribution >= 0.6 is 0 Å². The zero-order valence-electron chi connectivity index (χ0n) is 10.5. The Morgan fingerprint density at radius 3 is 2.50 bits per heavy atom. The molecule has 98 valence electrons. The highest BCUT2D eigenvalue weighted by molar-refractivity contribution is 6.16. The Bertz CT molecular complexity index is 750. The maximum absolute atomic E-state index is 12.4. The van der Waals surface area contributed by atoms with E-state index < -0.39 is 11.9 Å². The number of nitrogens with zero attached hydrogens (tertiary/aromatic N) is 1. The third-order valence-corrected chi connectivity index (χ3v) is 3.09. The van der Waals surface area contributed by atoms with Crippen molar-refractivity contribution in [2.24, 2.45) is 0 Å². The normalized spacial score (nSPS) is 13.1. The van der Waals surface area contributed by atoms with Gasteiger partial charge in [-0.05, 0) is 13.0 Å². The Morgan fingerprint density at radius 2 is 1.80 bits per heavy atom. The second kappa shape index (κ2) is 4.38. The summed E-state index contributed by atoms with van der Waals surface area (Å²) in [6, 6.07) is 10.0. The molecule has 20 heavy (non-hydrogen) atoms. The fourth-order valence-electron chi connectivity index (χ4n) is 2.08. The van der Waals surface area contributed by atoms with E-state index in [4.69, 9.17) is 0 Å². The smallest absolute Gasteiger partial charge is 0.365 e. The molecule has 3 rings (SSSR count). The lowest BCUT2D eigenvalue weighted by Crippen LogP contribution is -2.09. The molecule has 0 spiro atoms. The van der Waals surface area contributed by atoms with E-state index in [1.54, 1.807) is 37.3 Å². The number of cyclic esters (lactones) is 2. The van der Waals surface area contributed by atoms with Crippen molar-refractivity contribution in [3.63, 3.8) is 0 Å². The molecule has 0 bridgehead atoms. The molecule has 5 nitrogen and oxygen atoms in total. The van der Waals surface area contributed by atoms with Crippen LogP contribution in [0.2, 0.25) is 0 Å². The lowest BCUT2D eigenvalue weighted by Gasteiger charge is -2.05. The molecule has 0 atom stereocenters. The number of benzene rings is 1. The van der Waals surface area contributed by atoms with Gasteiger partial charge in [-0.15, -0.1) is 0 Å². The number of carbonyl (C=O) groups is 3. The van der Waals surface area contributed by atoms with E-state index in [-0.39, 0.29) is 17.0 Å². The molecule has 5 heteroatoms. The van der Waals surface area contributed by atoms with Crippen LogP contribution in [0.4, 0.5) is 0 Å². The van der Waals surface area contributed by atoms with E-state index in [0.717, 1.165) is 0 Å². The zero-order valence-corrected chi connectivity index (χ0v) is 10.5. The predicted octanol–water partition coefficient (Wildman–Crippen LogP) is 1.93. The number of esters is 2. The number of ether oxygens (including phenoxy) is 1. The summed E-state index contributed by atoms with van der Waals surface area (Å²) in [4.78, 5) is 39.3. The number of hydrogen-bond acceptors (Lipinski definition) is 5. The highest BCUT2D eigenvalue weighted by atomic mass is 16.6. The van der Waals surface area contributed by atoms with Crippen LogP contribution < -0.4 is 0 Å². The number of aryl methyl sites for hydroxylation is 1. The fraction of sp³-hybridized carbons (Fsp3) is 0.0667. The molecule has 0 saturated carbocycles. The molecule has 1 aromatic carbocycles. The van der Waals surface area contributed by atoms with Crippen molar-refractivity contribution in [2.75, 3.05) is 0 Å². The predicted molar refractivity (Wildman–Crippen MR) is 68.6 cm³/mol. The van der Waals surface area contributed by atoms with E-state index >= 15 is 0 Å². The van der Waals surface area contributed by atoms with Gasteiger partial charge in [0.15, 0.2) is 11.5 Å². The summed E-state index contributed by atoms with van der Waals surface area (Å²) < 4.78 is 4.48. The lowest BCUT2D eigenvalue weighted by molar-refractivity contribution is 0.0441. The number of carbonyl (C=O) groups excluding carboxylic acids is 3. The average Bonchev–Trinajstić information content (AvgIpc) is 2.73. The van der Waals surface area contributed by atoms with Crippen molar-refractivity contribution in [1.82, 2.24) is 4.98 Å². The minimum atomic E-state index is -0.771. The van der Waals surface area contributed by atoms with E-state index in [0.29, 0.717) is 16.8 Å². The van der Waals surface area contributed by atoms with Crippen molar-refractivity contribution >= 4 is 17.7 Å². The summed E-state index contributed by atoms with van der Waals surface area (Å²) in [5.74, 6) is -1.78. The summed E-state index contributed by atoms with van der Waals surface area (Å²) in [6.45, 7) is 1.62. The molecule has 1 aromatic heterocycles. The first kappa shape index (κ1) is 12.2. The average molecular weight is 267 g/mol. The van der Waals surface area contributed by atoms with Gasteiger partial charge in [0.1, 0.15) is 0 Å². The lowest BCUT2D eigenvalue weighted by atomic mass is 10.00. The van der Waals surface area contributed by atoms with Crippen molar-refractivity contribution in [1.29, 1.82) is 0 Å². The summed E-state index contributed by atoms with van der Waals surface area (Å²) in [5, 5.41) is 0. The van der Waals surface area contributed by atoms with Crippen LogP contribution in [0, 0.1) is 6.92 Å². The van der Waals surface area contributed by atoms with Crippen molar-refractivity contribution in [3.8, 4) is 0 Å². The van der Waals surface area contributed by atoms with Gasteiger partial charge in [-0.3, -0.25) is 4.79 Å². The van der Waals surface area contributed by atoms with Crippen LogP contribution in [0.3, 0.4) is 0 Å². The van der Waals surface area contributed by atoms with Gasteiger partial charge in [-0.1, -0.05) is 30.3 Å². The van der Waals surface area contributed by atoms with Gasteiger partial charge in [0.2, 0.25) is 0 Å². The molecule has 1 aliphatic heterocycles. The van der Waals surface area contributed by atoms with Crippen molar-refractivity contribution in [2.45, 2.75) is 6.92 Å². The maximum Gasteiger partial charge on any atom is 0.365 e. The van der Waals surface area contributed by atoms with Crippen LogP contribution in [0.1, 0.15) is 42.5 Å². The standard InChI is InChI=1S/C15H9NO4/c1-8-10(13(17)9-5-3-2-4-6-9)7-11-12(16-8)15(19)20-14(11)18/h2-7H,1H3. The second-order valence-corrected chi connectivity index (χ2v) is 4.39. The van der Waals surface area contributed by atoms with Gasteiger partial charge in [-0.25, -0.2) is 14.6 Å². The van der Waals surface area contributed by atoms with Crippen LogP contribution in [-0.2, 0) is 4.74 Å². The number of ketones is 1. The summed E-state index contributed by atoms with van der Waals surface area (Å²) in [6.07, 6.45) is 0. The first-order chi connectivity index (χ1) is 9.58. The van der Waals surface area contributed by atoms with Crippen LogP contribution in [0.15, 0.2) is 36.4 Å². The third-order valence-electron chi connectivity index (χ3n) is 3.09. The second-order valence-electron chi connectivity index (χ2n) is 4.39. The van der Waals surface area contributed by atoms with E-state index in [9.17, 15) is 14.4 Å². The van der Waals surface area contributed by atoms with Gasteiger partial charge in [0.25, 0.3) is 0 Å². The first-order valence-corrected chi connectivity index (χ1v) is 5.96. The number of rotatable bonds is 2. The Balaban J connectivity index is 2.12. The zero-order chi connectivity index (χ0) is 14.3. The van der Waals surface area contributed by atoms with Gasteiger partial charge in [0, 0.05) is 16.8 Å². The maximum atomic E-state index is 12.4. The third kappa shape index (κ3) is 1.80. The molecule has 2 heterocycles. The highest BCUT2D eigenvalue weighted by Gasteiger charge is 2.33. The van der Waals surface area contributed by atoms with Gasteiger partial charge < -0.3 is 4.74 Å². The number of pyridine rings is 1. The van der Waals surface area contributed by atoms with Crippen molar-refractivity contribution < 1.29 is 19.1 Å². The van der Waals surface area contributed by atoms with Gasteiger partial charge in [0.05, 0.1) is 5.56 Å². The van der Waals surface area contributed by atoms with E-state index in [1.807, 2.05) is 0 Å². The molecular weight excluding hydrogens is 258 g/mol. The Hall–Kier alpha value is -2.82. The molecular formula is C15H9NO4. The Kier molecular flexibility index (Phi) is 2.68. The fourth-order valence-corrected chi connectivity index (χ4v) is 2.08. The quantitative estimate of drug-likeness (QED) is 0.472. The molecule has 0 unspecified atom stereocenters. The molecule has 1 aliphatic rings. The molecule has 0 fully saturated rings. The number of aromatic nitrogens is 1. The summed E-state index contributed by atoms with van der Waals surface area (Å²) in [7, 11) is 0. The number of fused-ring (bicyclic) bond motifs is 1. The molecule has 0 amide bonds. The summed E-state index contributed by atoms with van der Waals surface area (Å²) >= 11 is 0. The molecule has 2 aromatic rings. The molecule has 0 N–H and O–H groups in total.